The number of esters is 1. The second-order valence-electron chi connectivity index (χ2n) is 3.75. The maximum Gasteiger partial charge on any atom is 0.337 e. The van der Waals surface area contributed by atoms with Gasteiger partial charge in [-0.05, 0) is 46.4 Å². The van der Waals surface area contributed by atoms with Gasteiger partial charge < -0.3 is 10.1 Å². The zero-order chi connectivity index (χ0) is 13.7. The van der Waals surface area contributed by atoms with Crippen LogP contribution in [0, 0.1) is 3.70 Å². The maximum atomic E-state index is 11.3. The van der Waals surface area contributed by atoms with Crippen LogP contribution in [-0.2, 0) is 11.3 Å². The minimum atomic E-state index is -0.333. The van der Waals surface area contributed by atoms with Gasteiger partial charge in [-0.15, -0.1) is 0 Å². The Morgan fingerprint density at radius 3 is 2.68 bits per heavy atom. The van der Waals surface area contributed by atoms with E-state index in [9.17, 15) is 4.79 Å². The van der Waals surface area contributed by atoms with Crippen LogP contribution in [0.1, 0.15) is 15.9 Å². The Labute approximate surface area is 124 Å². The van der Waals surface area contributed by atoms with Crippen molar-refractivity contribution < 1.29 is 9.53 Å². The summed E-state index contributed by atoms with van der Waals surface area (Å²) >= 11 is 2.13. The van der Waals surface area contributed by atoms with E-state index in [1.165, 1.54) is 7.11 Å². The Morgan fingerprint density at radius 1 is 1.32 bits per heavy atom. The second-order valence-corrected chi connectivity index (χ2v) is 4.85. The molecule has 0 bridgehead atoms. The van der Waals surface area contributed by atoms with Crippen LogP contribution >= 0.6 is 22.6 Å². The van der Waals surface area contributed by atoms with Crippen molar-refractivity contribution in [2.24, 2.45) is 0 Å². The molecule has 0 aliphatic carbocycles. The Kier molecular flexibility index (Phi) is 4.67. The van der Waals surface area contributed by atoms with Gasteiger partial charge in [0.1, 0.15) is 3.70 Å². The summed E-state index contributed by atoms with van der Waals surface area (Å²) in [6.07, 6.45) is 1.71. The van der Waals surface area contributed by atoms with E-state index in [1.807, 2.05) is 18.2 Å². The number of hydrogen-bond donors (Lipinski definition) is 1. The Morgan fingerprint density at radius 2 is 2.05 bits per heavy atom. The number of hydrogen-bond acceptors (Lipinski definition) is 5. The van der Waals surface area contributed by atoms with Gasteiger partial charge in [0.05, 0.1) is 12.7 Å². The summed E-state index contributed by atoms with van der Waals surface area (Å²) in [4.78, 5) is 19.6. The van der Waals surface area contributed by atoms with Crippen LogP contribution in [0.2, 0.25) is 0 Å². The van der Waals surface area contributed by atoms with Crippen molar-refractivity contribution in [2.45, 2.75) is 6.54 Å². The molecule has 0 aliphatic heterocycles. The van der Waals surface area contributed by atoms with E-state index in [2.05, 4.69) is 42.6 Å². The van der Waals surface area contributed by atoms with E-state index in [1.54, 1.807) is 18.3 Å². The zero-order valence-corrected chi connectivity index (χ0v) is 12.4. The average molecular weight is 369 g/mol. The largest absolute Gasteiger partial charge is 0.465 e. The van der Waals surface area contributed by atoms with Gasteiger partial charge in [0.25, 0.3) is 0 Å². The van der Waals surface area contributed by atoms with Crippen LogP contribution < -0.4 is 5.32 Å². The summed E-state index contributed by atoms with van der Waals surface area (Å²) in [5, 5.41) is 3.12. The number of nitrogens with zero attached hydrogens (tertiary/aromatic N) is 2. The number of methoxy groups -OCH3 is 1. The molecule has 5 nitrogen and oxygen atoms in total. The normalized spacial score (nSPS) is 10.0. The average Bonchev–Trinajstić information content (AvgIpc) is 2.45. The van der Waals surface area contributed by atoms with Gasteiger partial charge in [-0.3, -0.25) is 0 Å². The second kappa shape index (κ2) is 6.46. The topological polar surface area (TPSA) is 64.1 Å². The molecule has 0 amide bonds. The van der Waals surface area contributed by atoms with E-state index >= 15 is 0 Å². The van der Waals surface area contributed by atoms with Crippen LogP contribution in [0.3, 0.4) is 0 Å². The highest BCUT2D eigenvalue weighted by Crippen LogP contribution is 2.08. The number of aromatic nitrogens is 2. The number of ether oxygens (including phenoxy) is 1. The van der Waals surface area contributed by atoms with Gasteiger partial charge in [-0.25, -0.2) is 14.8 Å². The van der Waals surface area contributed by atoms with Crippen molar-refractivity contribution in [1.29, 1.82) is 0 Å². The molecule has 1 aromatic carbocycles. The minimum Gasteiger partial charge on any atom is -0.465 e. The predicted molar refractivity (Wildman–Crippen MR) is 79.9 cm³/mol. The molecule has 0 radical (unpaired) electrons. The van der Waals surface area contributed by atoms with Crippen molar-refractivity contribution in [2.75, 3.05) is 12.4 Å². The molecular formula is C13H12IN3O2. The highest BCUT2D eigenvalue weighted by Gasteiger charge is 2.04. The quantitative estimate of drug-likeness (QED) is 0.510. The summed E-state index contributed by atoms with van der Waals surface area (Å²) in [6, 6.07) is 9.04. The van der Waals surface area contributed by atoms with Gasteiger partial charge in [-0.1, -0.05) is 12.1 Å². The van der Waals surface area contributed by atoms with Gasteiger partial charge in [-0.2, -0.15) is 0 Å². The van der Waals surface area contributed by atoms with Gasteiger partial charge >= 0.3 is 5.97 Å². The first-order valence-electron chi connectivity index (χ1n) is 5.58. The number of carbonyl (C=O) groups excluding carboxylic acids is 1. The third kappa shape index (κ3) is 3.88. The molecule has 0 fully saturated rings. The lowest BCUT2D eigenvalue weighted by molar-refractivity contribution is 0.0600. The van der Waals surface area contributed by atoms with Crippen LogP contribution in [0.4, 0.5) is 5.95 Å². The third-order valence-corrected chi connectivity index (χ3v) is 3.05. The summed E-state index contributed by atoms with van der Waals surface area (Å²) in [7, 11) is 1.37. The van der Waals surface area contributed by atoms with Crippen molar-refractivity contribution in [3.05, 3.63) is 51.4 Å². The molecule has 19 heavy (non-hydrogen) atoms. The predicted octanol–water partition coefficient (Wildman–Crippen LogP) is 2.48. The number of anilines is 1. The fourth-order valence-electron chi connectivity index (χ4n) is 1.48. The Balaban J connectivity index is 1.98. The third-order valence-electron chi connectivity index (χ3n) is 2.45. The van der Waals surface area contributed by atoms with Crippen molar-refractivity contribution in [3.63, 3.8) is 0 Å². The van der Waals surface area contributed by atoms with Gasteiger partial charge in [0.2, 0.25) is 5.95 Å². The molecule has 0 aliphatic rings. The number of rotatable bonds is 4. The molecule has 0 atom stereocenters. The minimum absolute atomic E-state index is 0.333. The number of carbonyl (C=O) groups is 1. The summed E-state index contributed by atoms with van der Waals surface area (Å²) in [5.41, 5.74) is 1.58. The first-order chi connectivity index (χ1) is 9.19. The summed E-state index contributed by atoms with van der Waals surface area (Å²) in [6.45, 7) is 0.599. The fourth-order valence-corrected chi connectivity index (χ4v) is 1.87. The molecule has 2 aromatic rings. The Hall–Kier alpha value is -1.70. The van der Waals surface area contributed by atoms with Crippen LogP contribution in [0.25, 0.3) is 0 Å². The first kappa shape index (κ1) is 13.7. The SMILES string of the molecule is COC(=O)c1ccc(CNc2nccc(I)n2)cc1. The van der Waals surface area contributed by atoms with Crippen molar-refractivity contribution >= 4 is 34.5 Å². The van der Waals surface area contributed by atoms with Crippen molar-refractivity contribution in [3.8, 4) is 0 Å². The molecule has 0 saturated carbocycles. The Bertz CT molecular complexity index is 572. The lowest BCUT2D eigenvalue weighted by atomic mass is 10.1. The van der Waals surface area contributed by atoms with Crippen molar-refractivity contribution in [1.82, 2.24) is 9.97 Å². The fraction of sp³-hybridized carbons (Fsp3) is 0.154. The summed E-state index contributed by atoms with van der Waals surface area (Å²) in [5.74, 6) is 0.254. The van der Waals surface area contributed by atoms with E-state index in [0.717, 1.165) is 9.26 Å². The summed E-state index contributed by atoms with van der Waals surface area (Å²) < 4.78 is 5.53. The van der Waals surface area contributed by atoms with Crippen LogP contribution in [-0.4, -0.2) is 23.0 Å². The van der Waals surface area contributed by atoms with Crippen LogP contribution in [0.5, 0.6) is 0 Å². The standard InChI is InChI=1S/C13H12IN3O2/c1-19-12(18)10-4-2-9(3-5-10)8-16-13-15-7-6-11(14)17-13/h2-7H,8H2,1H3,(H,15,16,17). The molecule has 2 rings (SSSR count). The lowest BCUT2D eigenvalue weighted by Crippen LogP contribution is -2.05. The highest BCUT2D eigenvalue weighted by molar-refractivity contribution is 14.1. The van der Waals surface area contributed by atoms with Gasteiger partial charge in [0.15, 0.2) is 0 Å². The van der Waals surface area contributed by atoms with E-state index < -0.39 is 0 Å². The van der Waals surface area contributed by atoms with Crippen LogP contribution in [0.15, 0.2) is 36.5 Å². The maximum absolute atomic E-state index is 11.3. The van der Waals surface area contributed by atoms with E-state index in [-0.39, 0.29) is 5.97 Å². The molecule has 0 spiro atoms. The molecule has 0 saturated heterocycles. The van der Waals surface area contributed by atoms with E-state index in [0.29, 0.717) is 18.1 Å². The molecule has 0 unspecified atom stereocenters. The smallest absolute Gasteiger partial charge is 0.337 e. The number of halogens is 1. The van der Waals surface area contributed by atoms with Gasteiger partial charge in [0, 0.05) is 12.7 Å². The van der Waals surface area contributed by atoms with E-state index in [4.69, 9.17) is 0 Å². The first-order valence-corrected chi connectivity index (χ1v) is 6.66. The molecular weight excluding hydrogens is 357 g/mol. The number of benzene rings is 1. The number of nitrogens with one attached hydrogen (secondary N) is 1. The molecule has 1 N–H and O–H groups in total. The zero-order valence-electron chi connectivity index (χ0n) is 10.3. The molecule has 98 valence electrons. The molecule has 6 heteroatoms. The highest BCUT2D eigenvalue weighted by atomic mass is 127. The molecule has 1 aromatic heterocycles. The molecule has 1 heterocycles. The monoisotopic (exact) mass is 369 g/mol. The lowest BCUT2D eigenvalue weighted by Gasteiger charge is -2.05.